The maximum absolute atomic E-state index is 6.23. The second-order valence-electron chi connectivity index (χ2n) is 6.13. The van der Waals surface area contributed by atoms with E-state index in [4.69, 9.17) is 17.3 Å². The highest BCUT2D eigenvalue weighted by Crippen LogP contribution is 2.40. The topological polar surface area (TPSA) is 41.3 Å². The van der Waals surface area contributed by atoms with Gasteiger partial charge in [0.15, 0.2) is 0 Å². The van der Waals surface area contributed by atoms with Crippen molar-refractivity contribution in [3.63, 3.8) is 0 Å². The Balaban J connectivity index is 2.04. The number of hydrogen-bond acceptors (Lipinski definition) is 3. The molecule has 0 bridgehead atoms. The van der Waals surface area contributed by atoms with Gasteiger partial charge in [0, 0.05) is 31.2 Å². The standard InChI is InChI=1S/C19H24ClN3/c1-14-15(3-2-8-21)4-5-16-13-17(20)6-7-18(16)19(14)23-11-9-22-10-12-23/h2-3,6-8,13,19,22H,1,4-5,9-12,21H2/b8-2-,15-3-. The summed E-state index contributed by atoms with van der Waals surface area (Å²) in [6, 6.07) is 6.51. The van der Waals surface area contributed by atoms with E-state index in [1.807, 2.05) is 12.1 Å². The van der Waals surface area contributed by atoms with Crippen LogP contribution in [-0.2, 0) is 6.42 Å². The van der Waals surface area contributed by atoms with Crippen LogP contribution >= 0.6 is 11.6 Å². The zero-order valence-corrected chi connectivity index (χ0v) is 14.1. The van der Waals surface area contributed by atoms with Gasteiger partial charge in [-0.15, -0.1) is 0 Å². The van der Waals surface area contributed by atoms with Gasteiger partial charge in [-0.25, -0.2) is 0 Å². The third-order valence-electron chi connectivity index (χ3n) is 4.73. The fourth-order valence-electron chi connectivity index (χ4n) is 3.57. The van der Waals surface area contributed by atoms with Crippen molar-refractivity contribution in [2.24, 2.45) is 5.73 Å². The van der Waals surface area contributed by atoms with Crippen LogP contribution in [0.4, 0.5) is 0 Å². The van der Waals surface area contributed by atoms with E-state index in [1.54, 1.807) is 6.20 Å². The quantitative estimate of drug-likeness (QED) is 0.819. The second-order valence-corrected chi connectivity index (χ2v) is 6.57. The molecular formula is C19H24ClN3. The van der Waals surface area contributed by atoms with Crippen LogP contribution in [0.5, 0.6) is 0 Å². The van der Waals surface area contributed by atoms with Gasteiger partial charge in [-0.3, -0.25) is 4.90 Å². The predicted octanol–water partition coefficient (Wildman–Crippen LogP) is 3.19. The largest absolute Gasteiger partial charge is 0.405 e. The number of nitrogens with one attached hydrogen (secondary N) is 1. The monoisotopic (exact) mass is 329 g/mol. The summed E-state index contributed by atoms with van der Waals surface area (Å²) < 4.78 is 0. The fourth-order valence-corrected chi connectivity index (χ4v) is 3.76. The van der Waals surface area contributed by atoms with Crippen LogP contribution in [0.2, 0.25) is 5.02 Å². The number of nitrogens with two attached hydrogens (primary N) is 1. The zero-order chi connectivity index (χ0) is 16.2. The first-order valence-corrected chi connectivity index (χ1v) is 8.58. The first-order chi connectivity index (χ1) is 11.2. The molecule has 0 saturated carbocycles. The average molecular weight is 330 g/mol. The molecule has 3 rings (SSSR count). The summed E-state index contributed by atoms with van der Waals surface area (Å²) in [5.41, 5.74) is 10.7. The first kappa shape index (κ1) is 16.3. The summed E-state index contributed by atoms with van der Waals surface area (Å²) in [7, 11) is 0. The highest BCUT2D eigenvalue weighted by Gasteiger charge is 2.30. The number of hydrogen-bond donors (Lipinski definition) is 2. The Morgan fingerprint density at radius 2 is 2.04 bits per heavy atom. The minimum absolute atomic E-state index is 0.226. The van der Waals surface area contributed by atoms with Gasteiger partial charge in [-0.05, 0) is 59.5 Å². The van der Waals surface area contributed by atoms with Crippen molar-refractivity contribution in [2.45, 2.75) is 18.9 Å². The molecule has 1 heterocycles. The van der Waals surface area contributed by atoms with Crippen LogP contribution in [-0.4, -0.2) is 31.1 Å². The summed E-state index contributed by atoms with van der Waals surface area (Å²) in [6.45, 7) is 8.56. The van der Waals surface area contributed by atoms with Crippen LogP contribution in [0.3, 0.4) is 0 Å². The lowest BCUT2D eigenvalue weighted by molar-refractivity contribution is 0.197. The summed E-state index contributed by atoms with van der Waals surface area (Å²) in [5.74, 6) is 0. The van der Waals surface area contributed by atoms with Gasteiger partial charge in [0.05, 0.1) is 6.04 Å². The van der Waals surface area contributed by atoms with E-state index in [0.29, 0.717) is 0 Å². The molecule has 1 aromatic carbocycles. The Morgan fingerprint density at radius 3 is 2.78 bits per heavy atom. The van der Waals surface area contributed by atoms with Crippen LogP contribution in [0.25, 0.3) is 0 Å². The molecule has 0 aromatic heterocycles. The molecule has 1 aromatic rings. The van der Waals surface area contributed by atoms with Gasteiger partial charge in [0.1, 0.15) is 0 Å². The third kappa shape index (κ3) is 3.52. The molecule has 122 valence electrons. The minimum atomic E-state index is 0.226. The van der Waals surface area contributed by atoms with Crippen molar-refractivity contribution >= 4 is 11.6 Å². The molecular weight excluding hydrogens is 306 g/mol. The molecule has 1 aliphatic heterocycles. The number of piperazine rings is 1. The van der Waals surface area contributed by atoms with Crippen molar-refractivity contribution in [2.75, 3.05) is 26.2 Å². The molecule has 0 spiro atoms. The smallest absolute Gasteiger partial charge is 0.0602 e. The van der Waals surface area contributed by atoms with E-state index < -0.39 is 0 Å². The number of fused-ring (bicyclic) bond motifs is 1. The molecule has 3 nitrogen and oxygen atoms in total. The molecule has 1 aliphatic carbocycles. The van der Waals surface area contributed by atoms with Crippen LogP contribution in [0, 0.1) is 0 Å². The number of halogens is 1. The van der Waals surface area contributed by atoms with Crippen molar-refractivity contribution in [3.05, 3.63) is 70.4 Å². The third-order valence-corrected chi connectivity index (χ3v) is 4.97. The Kier molecular flexibility index (Phi) is 5.21. The molecule has 3 N–H and O–H groups in total. The predicted molar refractivity (Wildman–Crippen MR) is 97.5 cm³/mol. The lowest BCUT2D eigenvalue weighted by Gasteiger charge is -2.36. The molecule has 1 saturated heterocycles. The number of allylic oxidation sites excluding steroid dienone is 2. The van der Waals surface area contributed by atoms with Gasteiger partial charge >= 0.3 is 0 Å². The molecule has 1 fully saturated rings. The normalized spacial score (nSPS) is 24.8. The SMILES string of the molecule is C=C1/C(=C\C=C/N)CCc2cc(Cl)ccc2C1N1CCNCC1. The van der Waals surface area contributed by atoms with Gasteiger partial charge in [-0.1, -0.05) is 30.3 Å². The molecule has 2 aliphatic rings. The maximum atomic E-state index is 6.23. The molecule has 23 heavy (non-hydrogen) atoms. The van der Waals surface area contributed by atoms with Crippen LogP contribution in [0.1, 0.15) is 23.6 Å². The van der Waals surface area contributed by atoms with E-state index in [9.17, 15) is 0 Å². The van der Waals surface area contributed by atoms with Crippen LogP contribution < -0.4 is 11.1 Å². The lowest BCUT2D eigenvalue weighted by Crippen LogP contribution is -2.45. The molecule has 1 atom stereocenters. The minimum Gasteiger partial charge on any atom is -0.405 e. The fraction of sp³-hybridized carbons (Fsp3) is 0.368. The van der Waals surface area contributed by atoms with E-state index in [2.05, 4.69) is 35.0 Å². The van der Waals surface area contributed by atoms with E-state index in [0.717, 1.165) is 44.0 Å². The van der Waals surface area contributed by atoms with Gasteiger partial charge < -0.3 is 11.1 Å². The van der Waals surface area contributed by atoms with Crippen molar-refractivity contribution in [3.8, 4) is 0 Å². The van der Waals surface area contributed by atoms with Crippen molar-refractivity contribution < 1.29 is 0 Å². The second kappa shape index (κ2) is 7.35. The number of benzene rings is 1. The summed E-state index contributed by atoms with van der Waals surface area (Å²) in [5, 5.41) is 4.24. The van der Waals surface area contributed by atoms with E-state index in [-0.39, 0.29) is 6.04 Å². The Bertz CT molecular complexity index is 642. The number of rotatable bonds is 2. The van der Waals surface area contributed by atoms with Crippen molar-refractivity contribution in [1.29, 1.82) is 0 Å². The summed E-state index contributed by atoms with van der Waals surface area (Å²) in [6.07, 6.45) is 7.54. The molecule has 0 radical (unpaired) electrons. The van der Waals surface area contributed by atoms with E-state index in [1.165, 1.54) is 22.3 Å². The van der Waals surface area contributed by atoms with Gasteiger partial charge in [-0.2, -0.15) is 0 Å². The Labute approximate surface area is 143 Å². The van der Waals surface area contributed by atoms with Gasteiger partial charge in [0.25, 0.3) is 0 Å². The maximum Gasteiger partial charge on any atom is 0.0602 e. The van der Waals surface area contributed by atoms with E-state index >= 15 is 0 Å². The molecule has 1 unspecified atom stereocenters. The average Bonchev–Trinajstić information content (AvgIpc) is 2.70. The van der Waals surface area contributed by atoms with Crippen molar-refractivity contribution in [1.82, 2.24) is 10.2 Å². The van der Waals surface area contributed by atoms with Gasteiger partial charge in [0.2, 0.25) is 0 Å². The number of aryl methyl sites for hydroxylation is 1. The lowest BCUT2D eigenvalue weighted by atomic mass is 9.92. The van der Waals surface area contributed by atoms with Crippen LogP contribution in [0.15, 0.2) is 54.3 Å². The first-order valence-electron chi connectivity index (χ1n) is 8.20. The highest BCUT2D eigenvalue weighted by molar-refractivity contribution is 6.30. The number of nitrogens with zero attached hydrogens (tertiary/aromatic N) is 1. The summed E-state index contributed by atoms with van der Waals surface area (Å²) >= 11 is 6.23. The Hall–Kier alpha value is -1.55. The highest BCUT2D eigenvalue weighted by atomic mass is 35.5. The molecule has 4 heteroatoms. The molecule has 0 amide bonds. The summed E-state index contributed by atoms with van der Waals surface area (Å²) in [4.78, 5) is 2.52. The Morgan fingerprint density at radius 1 is 1.26 bits per heavy atom. The zero-order valence-electron chi connectivity index (χ0n) is 13.4.